The van der Waals surface area contributed by atoms with E-state index in [9.17, 15) is 4.39 Å². The zero-order valence-electron chi connectivity index (χ0n) is 8.60. The van der Waals surface area contributed by atoms with Crippen LogP contribution in [0.15, 0.2) is 22.7 Å². The normalized spacial score (nSPS) is 18.6. The van der Waals surface area contributed by atoms with Crippen LogP contribution in [0.3, 0.4) is 0 Å². The second-order valence-corrected chi connectivity index (χ2v) is 5.15. The largest absolute Gasteiger partial charge is 0.330 e. The predicted molar refractivity (Wildman–Crippen MR) is 63.3 cm³/mol. The van der Waals surface area contributed by atoms with Crippen LogP contribution in [0.5, 0.6) is 0 Å². The molecule has 3 heteroatoms. The van der Waals surface area contributed by atoms with Gasteiger partial charge in [0.15, 0.2) is 0 Å². The predicted octanol–water partition coefficient (Wildman–Crippen LogP) is 3.36. The molecule has 0 aliphatic heterocycles. The van der Waals surface area contributed by atoms with E-state index in [1.807, 2.05) is 6.07 Å². The number of hydrogen-bond acceptors (Lipinski definition) is 1. The Morgan fingerprint density at radius 3 is 2.60 bits per heavy atom. The molecule has 0 saturated heterocycles. The zero-order chi connectivity index (χ0) is 10.9. The van der Waals surface area contributed by atoms with Gasteiger partial charge in [0.2, 0.25) is 0 Å². The summed E-state index contributed by atoms with van der Waals surface area (Å²) in [6.45, 7) is 0.698. The van der Waals surface area contributed by atoms with Gasteiger partial charge >= 0.3 is 0 Å². The van der Waals surface area contributed by atoms with Gasteiger partial charge in [-0.15, -0.1) is 0 Å². The molecule has 2 N–H and O–H groups in total. The zero-order valence-corrected chi connectivity index (χ0v) is 10.2. The lowest BCUT2D eigenvalue weighted by Crippen LogP contribution is -2.36. The first-order valence-electron chi connectivity index (χ1n) is 5.33. The van der Waals surface area contributed by atoms with Crippen LogP contribution in [-0.4, -0.2) is 6.54 Å². The molecule has 1 saturated carbocycles. The van der Waals surface area contributed by atoms with Crippen LogP contribution in [0.1, 0.15) is 31.2 Å². The summed E-state index contributed by atoms with van der Waals surface area (Å²) >= 11 is 3.45. The average Bonchev–Trinajstić information content (AvgIpc) is 2.12. The Morgan fingerprint density at radius 2 is 2.13 bits per heavy atom. The van der Waals surface area contributed by atoms with Gasteiger partial charge in [-0.1, -0.05) is 28.4 Å². The van der Waals surface area contributed by atoms with Gasteiger partial charge in [0.1, 0.15) is 5.82 Å². The number of nitrogens with two attached hydrogens (primary N) is 1. The van der Waals surface area contributed by atoms with E-state index in [-0.39, 0.29) is 11.2 Å². The van der Waals surface area contributed by atoms with Crippen molar-refractivity contribution in [2.75, 3.05) is 6.54 Å². The van der Waals surface area contributed by atoms with Gasteiger partial charge < -0.3 is 5.73 Å². The lowest BCUT2D eigenvalue weighted by Gasteiger charge is -2.43. The fraction of sp³-hybridized carbons (Fsp3) is 0.500. The van der Waals surface area contributed by atoms with E-state index >= 15 is 0 Å². The van der Waals surface area contributed by atoms with Crippen molar-refractivity contribution in [3.05, 3.63) is 34.1 Å². The minimum Gasteiger partial charge on any atom is -0.330 e. The number of rotatable bonds is 3. The summed E-state index contributed by atoms with van der Waals surface area (Å²) in [6, 6.07) is 4.98. The summed E-state index contributed by atoms with van der Waals surface area (Å²) in [5.74, 6) is -0.187. The summed E-state index contributed by atoms with van der Waals surface area (Å²) in [4.78, 5) is 0. The minimum atomic E-state index is -0.187. The highest BCUT2D eigenvalue weighted by molar-refractivity contribution is 9.10. The molecule has 0 radical (unpaired) electrons. The molecular weight excluding hydrogens is 257 g/mol. The van der Waals surface area contributed by atoms with Crippen LogP contribution in [0, 0.1) is 5.82 Å². The van der Waals surface area contributed by atoms with Crippen LogP contribution in [0.25, 0.3) is 0 Å². The molecule has 0 amide bonds. The number of halogens is 2. The van der Waals surface area contributed by atoms with Crippen molar-refractivity contribution in [1.29, 1.82) is 0 Å². The Bertz CT molecular complexity index is 361. The van der Waals surface area contributed by atoms with Crippen LogP contribution in [-0.2, 0) is 5.41 Å². The van der Waals surface area contributed by atoms with Crippen molar-refractivity contribution in [1.82, 2.24) is 0 Å². The minimum absolute atomic E-state index is 0.187. The lowest BCUT2D eigenvalue weighted by atomic mass is 9.62. The SMILES string of the molecule is NCCC1(c2ccc(F)cc2Br)CCC1. The topological polar surface area (TPSA) is 26.0 Å². The maximum absolute atomic E-state index is 13.0. The van der Waals surface area contributed by atoms with Crippen LogP contribution >= 0.6 is 15.9 Å². The first-order chi connectivity index (χ1) is 7.18. The van der Waals surface area contributed by atoms with E-state index in [4.69, 9.17) is 5.73 Å². The average molecular weight is 272 g/mol. The fourth-order valence-electron chi connectivity index (χ4n) is 2.45. The van der Waals surface area contributed by atoms with Crippen LogP contribution in [0.2, 0.25) is 0 Å². The monoisotopic (exact) mass is 271 g/mol. The maximum Gasteiger partial charge on any atom is 0.124 e. The molecule has 1 nitrogen and oxygen atoms in total. The van der Waals surface area contributed by atoms with Gasteiger partial charge in [0.25, 0.3) is 0 Å². The van der Waals surface area contributed by atoms with Gasteiger partial charge in [0, 0.05) is 4.47 Å². The molecular formula is C12H15BrFN. The second-order valence-electron chi connectivity index (χ2n) is 4.30. The molecule has 15 heavy (non-hydrogen) atoms. The quantitative estimate of drug-likeness (QED) is 0.897. The molecule has 0 spiro atoms. The van der Waals surface area contributed by atoms with Crippen molar-refractivity contribution in [3.8, 4) is 0 Å². The maximum atomic E-state index is 13.0. The third-order valence-corrected chi connectivity index (χ3v) is 4.09. The highest BCUT2D eigenvalue weighted by atomic mass is 79.9. The smallest absolute Gasteiger partial charge is 0.124 e. The van der Waals surface area contributed by atoms with Gasteiger partial charge in [0.05, 0.1) is 0 Å². The highest BCUT2D eigenvalue weighted by Gasteiger charge is 2.38. The van der Waals surface area contributed by atoms with E-state index < -0.39 is 0 Å². The van der Waals surface area contributed by atoms with E-state index in [1.54, 1.807) is 6.07 Å². The molecule has 1 aromatic rings. The molecule has 82 valence electrons. The van der Waals surface area contributed by atoms with Crippen molar-refractivity contribution in [2.45, 2.75) is 31.1 Å². The van der Waals surface area contributed by atoms with Gasteiger partial charge in [-0.25, -0.2) is 4.39 Å². The van der Waals surface area contributed by atoms with Crippen LogP contribution in [0.4, 0.5) is 4.39 Å². The third kappa shape index (κ3) is 1.95. The Morgan fingerprint density at radius 1 is 1.40 bits per heavy atom. The molecule has 1 aromatic carbocycles. The Balaban J connectivity index is 2.34. The summed E-state index contributed by atoms with van der Waals surface area (Å²) in [7, 11) is 0. The summed E-state index contributed by atoms with van der Waals surface area (Å²) < 4.78 is 13.9. The number of benzene rings is 1. The van der Waals surface area contributed by atoms with Crippen LogP contribution < -0.4 is 5.73 Å². The Labute approximate surface area is 98.0 Å². The van der Waals surface area contributed by atoms with Crippen molar-refractivity contribution in [3.63, 3.8) is 0 Å². The fourth-order valence-corrected chi connectivity index (χ4v) is 3.22. The molecule has 1 aliphatic rings. The molecule has 0 bridgehead atoms. The molecule has 0 unspecified atom stereocenters. The molecule has 1 aliphatic carbocycles. The van der Waals surface area contributed by atoms with Gasteiger partial charge in [-0.3, -0.25) is 0 Å². The van der Waals surface area contributed by atoms with Gasteiger partial charge in [-0.2, -0.15) is 0 Å². The van der Waals surface area contributed by atoms with E-state index in [0.717, 1.165) is 10.9 Å². The highest BCUT2D eigenvalue weighted by Crippen LogP contribution is 2.48. The van der Waals surface area contributed by atoms with Gasteiger partial charge in [-0.05, 0) is 48.9 Å². The number of hydrogen-bond donors (Lipinski definition) is 1. The first-order valence-corrected chi connectivity index (χ1v) is 6.13. The summed E-state index contributed by atoms with van der Waals surface area (Å²) in [5, 5.41) is 0. The summed E-state index contributed by atoms with van der Waals surface area (Å²) in [6.07, 6.45) is 4.60. The van der Waals surface area contributed by atoms with E-state index in [2.05, 4.69) is 15.9 Å². The molecule has 0 heterocycles. The molecule has 0 aromatic heterocycles. The third-order valence-electron chi connectivity index (χ3n) is 3.44. The summed E-state index contributed by atoms with van der Waals surface area (Å²) in [5.41, 5.74) is 7.08. The standard InChI is InChI=1S/C12H15BrFN/c13-11-8-9(14)2-3-10(11)12(6-7-15)4-1-5-12/h2-3,8H,1,4-7,15H2. The van der Waals surface area contributed by atoms with E-state index in [1.165, 1.54) is 30.9 Å². The van der Waals surface area contributed by atoms with Crippen molar-refractivity contribution >= 4 is 15.9 Å². The van der Waals surface area contributed by atoms with E-state index in [0.29, 0.717) is 6.54 Å². The lowest BCUT2D eigenvalue weighted by molar-refractivity contribution is 0.228. The molecule has 2 rings (SSSR count). The Hall–Kier alpha value is -0.410. The first kappa shape index (κ1) is 11.1. The molecule has 1 fully saturated rings. The molecule has 0 atom stereocenters. The second kappa shape index (κ2) is 4.22. The Kier molecular flexibility index (Phi) is 3.12. The van der Waals surface area contributed by atoms with Crippen molar-refractivity contribution in [2.24, 2.45) is 5.73 Å². The van der Waals surface area contributed by atoms with Crippen molar-refractivity contribution < 1.29 is 4.39 Å².